The Morgan fingerprint density at radius 3 is 1.92 bits per heavy atom. The third kappa shape index (κ3) is 4.29. The van der Waals surface area contributed by atoms with E-state index < -0.39 is 0 Å². The van der Waals surface area contributed by atoms with Gasteiger partial charge in [-0.15, -0.1) is 4.65 Å². The van der Waals surface area contributed by atoms with E-state index in [1.54, 1.807) is 0 Å². The lowest BCUT2D eigenvalue weighted by atomic mass is 10.5. The van der Waals surface area contributed by atoms with Crippen LogP contribution in [0.1, 0.15) is 20.8 Å². The van der Waals surface area contributed by atoms with Gasteiger partial charge in [0.25, 0.3) is 0 Å². The van der Waals surface area contributed by atoms with E-state index in [-0.39, 0.29) is 18.4 Å². The second-order valence-corrected chi connectivity index (χ2v) is 2.62. The van der Waals surface area contributed by atoms with Crippen molar-refractivity contribution in [1.82, 2.24) is 0 Å². The minimum absolute atomic E-state index is 0. The quantitative estimate of drug-likeness (QED) is 0.312. The second kappa shape index (κ2) is 6.92. The summed E-state index contributed by atoms with van der Waals surface area (Å²) in [6.45, 7) is 11.8. The minimum atomic E-state index is -0.347. The summed E-state index contributed by atoms with van der Waals surface area (Å²) in [6.07, 6.45) is 1.20. The summed E-state index contributed by atoms with van der Waals surface area (Å²) in [6, 6.07) is 0. The van der Waals surface area contributed by atoms with Crippen molar-refractivity contribution in [3.05, 3.63) is 12.7 Å². The Hall–Kier alpha value is -0.540. The number of hydrogen-bond donors (Lipinski definition) is 0. The van der Waals surface area contributed by atoms with E-state index in [9.17, 15) is 4.79 Å². The van der Waals surface area contributed by atoms with Crippen LogP contribution in [0, 0.1) is 0 Å². The van der Waals surface area contributed by atoms with Crippen molar-refractivity contribution >= 4 is 5.97 Å². The molecule has 0 unspecified atom stereocenters. The molecule has 0 saturated heterocycles. The molecule has 0 aromatic heterocycles. The maximum atomic E-state index is 10.9. The smallest absolute Gasteiger partial charge is 0.389 e. The Bertz CT molecular complexity index is 159. The molecule has 0 spiro atoms. The van der Waals surface area contributed by atoms with Gasteiger partial charge in [0.1, 0.15) is 19.6 Å². The van der Waals surface area contributed by atoms with Crippen LogP contribution in [0.25, 0.3) is 0 Å². The van der Waals surface area contributed by atoms with Gasteiger partial charge in [0, 0.05) is 6.08 Å². The van der Waals surface area contributed by atoms with E-state index in [1.165, 1.54) is 6.08 Å². The summed E-state index contributed by atoms with van der Waals surface area (Å²) >= 11 is 0. The van der Waals surface area contributed by atoms with Gasteiger partial charge in [-0.05, 0) is 20.8 Å². The SMILES string of the molecule is C=CC(=O)O[N+](CC)(CC)CC.[Cl-]. The van der Waals surface area contributed by atoms with Gasteiger partial charge < -0.3 is 12.4 Å². The molecule has 0 heterocycles. The molecule has 0 atom stereocenters. The van der Waals surface area contributed by atoms with Crippen LogP contribution >= 0.6 is 0 Å². The number of nitrogens with zero attached hydrogens (tertiary/aromatic N) is 1. The van der Waals surface area contributed by atoms with Crippen LogP contribution in [-0.4, -0.2) is 30.2 Å². The van der Waals surface area contributed by atoms with Crippen LogP contribution in [0.4, 0.5) is 0 Å². The molecule has 0 fully saturated rings. The van der Waals surface area contributed by atoms with Gasteiger partial charge in [-0.1, -0.05) is 6.58 Å². The fraction of sp³-hybridized carbons (Fsp3) is 0.667. The Morgan fingerprint density at radius 1 is 1.31 bits per heavy atom. The molecule has 0 aromatic carbocycles. The van der Waals surface area contributed by atoms with Gasteiger partial charge in [-0.25, -0.2) is 4.79 Å². The summed E-state index contributed by atoms with van der Waals surface area (Å²) in [4.78, 5) is 16.2. The predicted octanol–water partition coefficient (Wildman–Crippen LogP) is -1.49. The summed E-state index contributed by atoms with van der Waals surface area (Å²) in [5.41, 5.74) is 0. The number of carbonyl (C=O) groups is 1. The normalized spacial score (nSPS) is 10.1. The van der Waals surface area contributed by atoms with E-state index in [2.05, 4.69) is 6.58 Å². The van der Waals surface area contributed by atoms with Crippen molar-refractivity contribution in [2.75, 3.05) is 19.6 Å². The lowest BCUT2D eigenvalue weighted by Gasteiger charge is -2.30. The third-order valence-corrected chi connectivity index (χ3v) is 2.18. The van der Waals surface area contributed by atoms with Crippen LogP contribution in [0.2, 0.25) is 0 Å². The average Bonchev–Trinajstić information content (AvgIpc) is 2.14. The molecule has 0 rings (SSSR count). The van der Waals surface area contributed by atoms with E-state index in [1.807, 2.05) is 20.8 Å². The maximum absolute atomic E-state index is 10.9. The molecule has 0 saturated carbocycles. The van der Waals surface area contributed by atoms with Gasteiger partial charge in [-0.2, -0.15) is 0 Å². The minimum Gasteiger partial charge on any atom is -1.00 e. The Morgan fingerprint density at radius 2 is 1.69 bits per heavy atom. The molecule has 78 valence electrons. The summed E-state index contributed by atoms with van der Waals surface area (Å²) < 4.78 is 0.380. The maximum Gasteiger partial charge on any atom is 0.389 e. The van der Waals surface area contributed by atoms with Crippen molar-refractivity contribution in [1.29, 1.82) is 0 Å². The molecule has 0 aliphatic carbocycles. The van der Waals surface area contributed by atoms with Crippen molar-refractivity contribution in [2.45, 2.75) is 20.8 Å². The van der Waals surface area contributed by atoms with Gasteiger partial charge in [0.15, 0.2) is 0 Å². The molecule has 4 heteroatoms. The van der Waals surface area contributed by atoms with E-state index in [4.69, 9.17) is 4.84 Å². The summed E-state index contributed by atoms with van der Waals surface area (Å²) in [5, 5.41) is 0. The molecule has 0 aliphatic heterocycles. The van der Waals surface area contributed by atoms with Crippen molar-refractivity contribution in [2.24, 2.45) is 0 Å². The van der Waals surface area contributed by atoms with Crippen molar-refractivity contribution in [3.8, 4) is 0 Å². The van der Waals surface area contributed by atoms with Crippen molar-refractivity contribution < 1.29 is 26.7 Å². The Balaban J connectivity index is 0. The summed E-state index contributed by atoms with van der Waals surface area (Å²) in [5.74, 6) is -0.347. The van der Waals surface area contributed by atoms with Crippen LogP contribution in [0.3, 0.4) is 0 Å². The third-order valence-electron chi connectivity index (χ3n) is 2.18. The molecule has 0 radical (unpaired) electrons. The topological polar surface area (TPSA) is 26.3 Å². The van der Waals surface area contributed by atoms with Crippen molar-refractivity contribution in [3.63, 3.8) is 0 Å². The van der Waals surface area contributed by atoms with E-state index in [0.29, 0.717) is 4.65 Å². The molecule has 0 aliphatic rings. The molecule has 13 heavy (non-hydrogen) atoms. The van der Waals surface area contributed by atoms with Gasteiger partial charge in [0.2, 0.25) is 0 Å². The predicted molar refractivity (Wildman–Crippen MR) is 48.2 cm³/mol. The fourth-order valence-corrected chi connectivity index (χ4v) is 1.09. The zero-order valence-electron chi connectivity index (χ0n) is 8.55. The molecule has 0 bridgehead atoms. The van der Waals surface area contributed by atoms with Gasteiger partial charge in [-0.3, -0.25) is 4.84 Å². The fourth-order valence-electron chi connectivity index (χ4n) is 1.09. The number of hydrogen-bond acceptors (Lipinski definition) is 2. The number of carbonyl (C=O) groups excluding carboxylic acids is 1. The highest BCUT2D eigenvalue weighted by Crippen LogP contribution is 2.07. The second-order valence-electron chi connectivity index (χ2n) is 2.62. The first-order valence-electron chi connectivity index (χ1n) is 4.36. The van der Waals surface area contributed by atoms with Crippen LogP contribution in [0.15, 0.2) is 12.7 Å². The van der Waals surface area contributed by atoms with E-state index >= 15 is 0 Å². The lowest BCUT2D eigenvalue weighted by Crippen LogP contribution is -3.00. The first-order chi connectivity index (χ1) is 5.64. The Labute approximate surface area is 86.3 Å². The zero-order valence-corrected chi connectivity index (χ0v) is 9.30. The molecule has 3 nitrogen and oxygen atoms in total. The molecule has 0 N–H and O–H groups in total. The first kappa shape index (κ1) is 15.0. The molecule has 0 amide bonds. The number of hydroxylamine groups is 3. The van der Waals surface area contributed by atoms with E-state index in [0.717, 1.165) is 19.6 Å². The number of halogens is 1. The van der Waals surface area contributed by atoms with Crippen LogP contribution in [-0.2, 0) is 9.63 Å². The highest BCUT2D eigenvalue weighted by Gasteiger charge is 2.25. The number of quaternary nitrogens is 1. The van der Waals surface area contributed by atoms with Gasteiger partial charge in [0.05, 0.1) is 0 Å². The Kier molecular flexibility index (Phi) is 7.96. The molecular formula is C9H18ClNO2. The monoisotopic (exact) mass is 207 g/mol. The molecule has 0 aromatic rings. The summed E-state index contributed by atoms with van der Waals surface area (Å²) in [7, 11) is 0. The van der Waals surface area contributed by atoms with Crippen LogP contribution in [0.5, 0.6) is 0 Å². The molecular weight excluding hydrogens is 190 g/mol. The largest absolute Gasteiger partial charge is 1.00 e. The first-order valence-corrected chi connectivity index (χ1v) is 4.36. The highest BCUT2D eigenvalue weighted by molar-refractivity contribution is 5.80. The zero-order chi connectivity index (χ0) is 9.61. The highest BCUT2D eigenvalue weighted by atomic mass is 35.5. The average molecular weight is 208 g/mol. The standard InChI is InChI=1S/C9H18NO2.ClH/c1-5-9(11)12-10(6-2,7-3)8-4;/h5H,1,6-8H2,2-4H3;1H/q+1;/p-1. The van der Waals surface area contributed by atoms with Gasteiger partial charge >= 0.3 is 5.97 Å². The number of rotatable bonds is 5. The van der Waals surface area contributed by atoms with Crippen LogP contribution < -0.4 is 12.4 Å². The lowest BCUT2D eigenvalue weighted by molar-refractivity contribution is -1.08.